The lowest BCUT2D eigenvalue weighted by atomic mass is 10.1. The molecule has 3 heterocycles. The number of alkyl halides is 1. The van der Waals surface area contributed by atoms with Crippen molar-refractivity contribution in [3.05, 3.63) is 33.9 Å². The molecule has 7 nitrogen and oxygen atoms in total. The molecule has 3 aliphatic rings. The van der Waals surface area contributed by atoms with E-state index in [0.717, 1.165) is 25.2 Å². The highest BCUT2D eigenvalue weighted by atomic mass is 19.1. The molecule has 1 aliphatic carbocycles. The van der Waals surface area contributed by atoms with Gasteiger partial charge in [-0.1, -0.05) is 0 Å². The highest BCUT2D eigenvalue weighted by Gasteiger charge is 2.34. The van der Waals surface area contributed by atoms with E-state index in [0.29, 0.717) is 25.0 Å². The number of nitrogens with zero attached hydrogens (tertiary/aromatic N) is 2. The Hall–Kier alpha value is -2.68. The zero-order valence-electron chi connectivity index (χ0n) is 16.4. The van der Waals surface area contributed by atoms with Crippen LogP contribution in [0, 0.1) is 11.7 Å². The van der Waals surface area contributed by atoms with Crippen LogP contribution in [0.1, 0.15) is 35.7 Å². The van der Waals surface area contributed by atoms with Gasteiger partial charge in [0.25, 0.3) is 0 Å². The van der Waals surface area contributed by atoms with Gasteiger partial charge >= 0.3 is 5.97 Å². The van der Waals surface area contributed by atoms with Crippen LogP contribution in [0.5, 0.6) is 5.75 Å². The Bertz CT molecular complexity index is 1080. The topological polar surface area (TPSA) is 83.8 Å². The van der Waals surface area contributed by atoms with Crippen LogP contribution in [0.4, 0.5) is 14.5 Å². The number of benzene rings is 1. The molecule has 0 amide bonds. The summed E-state index contributed by atoms with van der Waals surface area (Å²) in [5.74, 6) is -1.48. The minimum absolute atomic E-state index is 0.0580. The number of halogens is 2. The number of hydrogen-bond donors (Lipinski definition) is 2. The Morgan fingerprint density at radius 2 is 2.13 bits per heavy atom. The molecule has 2 N–H and O–H groups in total. The van der Waals surface area contributed by atoms with Gasteiger partial charge in [-0.15, -0.1) is 0 Å². The summed E-state index contributed by atoms with van der Waals surface area (Å²) >= 11 is 0. The van der Waals surface area contributed by atoms with Gasteiger partial charge in [-0.2, -0.15) is 0 Å². The molecule has 2 fully saturated rings. The second kappa shape index (κ2) is 7.23. The first kappa shape index (κ1) is 19.3. The standard InChI is InChI=1S/C21H23F2N3O4/c22-6-13-10-30-20-17-14(19(27)15(21(28)29)9-26(13)17)5-16(23)18(20)25-4-3-11(8-25)7-24-12-1-2-12/h5,9,11-13,24H,1-4,6-8,10H2,(H,28,29)/t11-,13?/m0/s1. The van der Waals surface area contributed by atoms with Gasteiger partial charge < -0.3 is 24.6 Å². The van der Waals surface area contributed by atoms with Crippen LogP contribution >= 0.6 is 0 Å². The van der Waals surface area contributed by atoms with E-state index < -0.39 is 35.5 Å². The van der Waals surface area contributed by atoms with E-state index in [1.165, 1.54) is 17.4 Å². The number of anilines is 1. The predicted molar refractivity (Wildman–Crippen MR) is 107 cm³/mol. The van der Waals surface area contributed by atoms with Gasteiger partial charge in [0.15, 0.2) is 11.6 Å². The minimum atomic E-state index is -1.42. The van der Waals surface area contributed by atoms with E-state index in [1.807, 2.05) is 4.90 Å². The number of hydrogen-bond acceptors (Lipinski definition) is 5. The molecule has 2 aliphatic heterocycles. The summed E-state index contributed by atoms with van der Waals surface area (Å²) in [7, 11) is 0. The molecule has 1 aromatic carbocycles. The minimum Gasteiger partial charge on any atom is -0.487 e. The van der Waals surface area contributed by atoms with Crippen molar-refractivity contribution in [3.63, 3.8) is 0 Å². The maximum atomic E-state index is 15.2. The zero-order valence-corrected chi connectivity index (χ0v) is 16.4. The molecule has 2 atom stereocenters. The average Bonchev–Trinajstić information content (AvgIpc) is 3.45. The number of ether oxygens (including phenoxy) is 1. The van der Waals surface area contributed by atoms with Gasteiger partial charge in [-0.25, -0.2) is 13.6 Å². The van der Waals surface area contributed by atoms with Gasteiger partial charge in [-0.3, -0.25) is 4.79 Å². The van der Waals surface area contributed by atoms with E-state index >= 15 is 4.39 Å². The van der Waals surface area contributed by atoms with Gasteiger partial charge in [-0.05, 0) is 37.8 Å². The third-order valence-electron chi connectivity index (χ3n) is 6.29. The van der Waals surface area contributed by atoms with Crippen LogP contribution in [-0.4, -0.2) is 54.6 Å². The normalized spacial score (nSPS) is 23.1. The van der Waals surface area contributed by atoms with Crippen molar-refractivity contribution >= 4 is 22.6 Å². The Morgan fingerprint density at radius 1 is 1.33 bits per heavy atom. The van der Waals surface area contributed by atoms with E-state index in [4.69, 9.17) is 4.74 Å². The quantitative estimate of drug-likeness (QED) is 0.748. The first-order chi connectivity index (χ1) is 14.5. The lowest BCUT2D eigenvalue weighted by molar-refractivity contribution is 0.0694. The molecule has 30 heavy (non-hydrogen) atoms. The number of nitrogens with one attached hydrogen (secondary N) is 1. The van der Waals surface area contributed by atoms with Crippen molar-refractivity contribution in [1.82, 2.24) is 9.88 Å². The van der Waals surface area contributed by atoms with Crippen LogP contribution in [-0.2, 0) is 0 Å². The molecule has 9 heteroatoms. The summed E-state index contributed by atoms with van der Waals surface area (Å²) < 4.78 is 36.0. The van der Waals surface area contributed by atoms with Crippen LogP contribution in [0.2, 0.25) is 0 Å². The summed E-state index contributed by atoms with van der Waals surface area (Å²) in [4.78, 5) is 26.1. The molecule has 1 unspecified atom stereocenters. The average molecular weight is 419 g/mol. The van der Waals surface area contributed by atoms with E-state index in [-0.39, 0.29) is 28.9 Å². The summed E-state index contributed by atoms with van der Waals surface area (Å²) in [6.45, 7) is 1.34. The SMILES string of the molecule is O=C(O)c1cn2c3c(c(N4CC[C@@H](CNC5CC5)C4)c(F)cc3c1=O)OCC2CF. The van der Waals surface area contributed by atoms with E-state index in [9.17, 15) is 19.1 Å². The van der Waals surface area contributed by atoms with Crippen LogP contribution in [0.25, 0.3) is 10.9 Å². The van der Waals surface area contributed by atoms with Crippen molar-refractivity contribution < 1.29 is 23.4 Å². The van der Waals surface area contributed by atoms with Crippen LogP contribution in [0.15, 0.2) is 17.1 Å². The summed E-state index contributed by atoms with van der Waals surface area (Å²) in [6, 6.07) is 0.904. The molecule has 1 saturated carbocycles. The summed E-state index contributed by atoms with van der Waals surface area (Å²) in [6.07, 6.45) is 4.48. The molecular weight excluding hydrogens is 396 g/mol. The molecule has 1 saturated heterocycles. The van der Waals surface area contributed by atoms with Crippen molar-refractivity contribution in [2.75, 3.05) is 37.8 Å². The molecule has 2 aromatic rings. The fraction of sp³-hybridized carbons (Fsp3) is 0.524. The van der Waals surface area contributed by atoms with E-state index in [1.54, 1.807) is 0 Å². The second-order valence-electron chi connectivity index (χ2n) is 8.42. The lowest BCUT2D eigenvalue weighted by Gasteiger charge is -2.31. The molecule has 160 valence electrons. The van der Waals surface area contributed by atoms with Gasteiger partial charge in [0.2, 0.25) is 5.43 Å². The highest BCUT2D eigenvalue weighted by molar-refractivity contribution is 5.97. The molecule has 0 radical (unpaired) electrons. The fourth-order valence-electron chi connectivity index (χ4n) is 4.52. The molecule has 0 spiro atoms. The monoisotopic (exact) mass is 419 g/mol. The number of aromatic carboxylic acids is 1. The third kappa shape index (κ3) is 3.12. The number of pyridine rings is 1. The van der Waals surface area contributed by atoms with Crippen molar-refractivity contribution in [2.24, 2.45) is 5.92 Å². The fourth-order valence-corrected chi connectivity index (χ4v) is 4.52. The molecule has 1 aromatic heterocycles. The van der Waals surface area contributed by atoms with Crippen LogP contribution in [0.3, 0.4) is 0 Å². The largest absolute Gasteiger partial charge is 0.487 e. The number of aromatic nitrogens is 1. The predicted octanol–water partition coefficient (Wildman–Crippen LogP) is 2.32. The smallest absolute Gasteiger partial charge is 0.341 e. The summed E-state index contributed by atoms with van der Waals surface area (Å²) in [5.41, 5.74) is -0.773. The van der Waals surface area contributed by atoms with Crippen molar-refractivity contribution in [3.8, 4) is 5.75 Å². The lowest BCUT2D eigenvalue weighted by Crippen LogP contribution is -2.31. The second-order valence-corrected chi connectivity index (χ2v) is 8.42. The number of rotatable bonds is 6. The van der Waals surface area contributed by atoms with Crippen molar-refractivity contribution in [2.45, 2.75) is 31.3 Å². The maximum absolute atomic E-state index is 15.2. The van der Waals surface area contributed by atoms with Crippen molar-refractivity contribution in [1.29, 1.82) is 0 Å². The number of carbonyl (C=O) groups is 1. The summed E-state index contributed by atoms with van der Waals surface area (Å²) in [5, 5.41) is 12.8. The van der Waals surface area contributed by atoms with E-state index in [2.05, 4.69) is 5.32 Å². The Balaban J connectivity index is 1.60. The van der Waals surface area contributed by atoms with Gasteiger partial charge in [0, 0.05) is 25.3 Å². The molecular formula is C21H23F2N3O4. The highest BCUT2D eigenvalue weighted by Crippen LogP contribution is 2.43. The first-order valence-corrected chi connectivity index (χ1v) is 10.3. The molecule has 5 rings (SSSR count). The number of carboxylic acid groups (broad SMARTS) is 1. The maximum Gasteiger partial charge on any atom is 0.341 e. The Kier molecular flexibility index (Phi) is 4.65. The zero-order chi connectivity index (χ0) is 21.0. The first-order valence-electron chi connectivity index (χ1n) is 10.3. The van der Waals surface area contributed by atoms with Crippen LogP contribution < -0.4 is 20.4 Å². The van der Waals surface area contributed by atoms with Gasteiger partial charge in [0.1, 0.15) is 24.5 Å². The van der Waals surface area contributed by atoms with Gasteiger partial charge in [0.05, 0.1) is 16.9 Å². The Morgan fingerprint density at radius 3 is 2.83 bits per heavy atom. The Labute approximate surface area is 171 Å². The number of carboxylic acids is 1. The third-order valence-corrected chi connectivity index (χ3v) is 6.29. The molecule has 0 bridgehead atoms.